The van der Waals surface area contributed by atoms with Crippen molar-refractivity contribution in [1.29, 1.82) is 0 Å². The van der Waals surface area contributed by atoms with Gasteiger partial charge in [0.1, 0.15) is 11.2 Å². The van der Waals surface area contributed by atoms with Gasteiger partial charge in [0.15, 0.2) is 5.79 Å². The lowest BCUT2D eigenvalue weighted by Gasteiger charge is -2.44. The van der Waals surface area contributed by atoms with Gasteiger partial charge in [0.25, 0.3) is 0 Å². The van der Waals surface area contributed by atoms with Crippen LogP contribution in [0.1, 0.15) is 66.4 Å². The van der Waals surface area contributed by atoms with Gasteiger partial charge >= 0.3 is 14.8 Å². The molecular formula is C22H34ClINO6P. The van der Waals surface area contributed by atoms with Crippen LogP contribution in [0, 0.1) is 3.57 Å². The zero-order chi connectivity index (χ0) is 24.6. The van der Waals surface area contributed by atoms with Crippen molar-refractivity contribution in [3.05, 3.63) is 32.4 Å². The molecule has 32 heavy (non-hydrogen) atoms. The third-order valence-electron chi connectivity index (χ3n) is 4.98. The zero-order valence-electron chi connectivity index (χ0n) is 19.8. The van der Waals surface area contributed by atoms with Gasteiger partial charge in [0, 0.05) is 29.2 Å². The van der Waals surface area contributed by atoms with E-state index < -0.39 is 31.8 Å². The Hall–Kier alpha value is -0.510. The van der Waals surface area contributed by atoms with E-state index in [2.05, 4.69) is 27.9 Å². The molecule has 1 amide bonds. The summed E-state index contributed by atoms with van der Waals surface area (Å²) in [6.45, 7) is 13.7. The number of carbonyl (C=O) groups excluding carboxylic acids is 1. The molecule has 7 nitrogen and oxygen atoms in total. The Labute approximate surface area is 211 Å². The van der Waals surface area contributed by atoms with Gasteiger partial charge in [0.2, 0.25) is 0 Å². The molecule has 0 bridgehead atoms. The second kappa shape index (κ2) is 12.8. The Morgan fingerprint density at radius 3 is 2.22 bits per heavy atom. The normalized spacial score (nSPS) is 15.3. The lowest BCUT2D eigenvalue weighted by atomic mass is 9.82. The fraction of sp³-hybridized carbons (Fsp3) is 0.682. The van der Waals surface area contributed by atoms with Crippen molar-refractivity contribution >= 4 is 49.0 Å². The average Bonchev–Trinajstić information content (AvgIpc) is 2.66. The van der Waals surface area contributed by atoms with Gasteiger partial charge < -0.3 is 19.5 Å². The molecule has 0 saturated heterocycles. The maximum absolute atomic E-state index is 12.3. The van der Waals surface area contributed by atoms with E-state index in [1.165, 1.54) is 0 Å². The van der Waals surface area contributed by atoms with E-state index in [0.717, 1.165) is 9.13 Å². The van der Waals surface area contributed by atoms with E-state index in [1.54, 1.807) is 34.6 Å². The number of rotatable bonds is 12. The molecule has 0 saturated carbocycles. The highest BCUT2D eigenvalue weighted by Crippen LogP contribution is 2.41. The van der Waals surface area contributed by atoms with Crippen LogP contribution >= 0.6 is 42.9 Å². The lowest BCUT2D eigenvalue weighted by molar-refractivity contribution is -0.297. The molecule has 0 aromatic heterocycles. The molecule has 2 unspecified atom stereocenters. The highest BCUT2D eigenvalue weighted by atomic mass is 127. The minimum absolute atomic E-state index is 0.236. The number of nitrogens with one attached hydrogen (secondary N) is 1. The molecule has 2 atom stereocenters. The van der Waals surface area contributed by atoms with Crippen LogP contribution in [0.3, 0.4) is 0 Å². The van der Waals surface area contributed by atoms with Crippen LogP contribution in [0.5, 0.6) is 0 Å². The molecule has 0 aliphatic carbocycles. The Morgan fingerprint density at radius 2 is 1.75 bits per heavy atom. The summed E-state index contributed by atoms with van der Waals surface area (Å²) >= 11 is 8.38. The molecule has 1 N–H and O–H groups in total. The largest absolute Gasteiger partial charge is 0.444 e. The standard InChI is InChI=1S/C22H34ClINO6P/c1-8-28-22(7,29-9-2)21(6,31-32-27)13-16(14-25-19(26)30-20(3,4)5)15-10-11-17(23)18(24)12-15/h10-12,16H,8-9,13-14H2,1-7H3,(H,25,26). The van der Waals surface area contributed by atoms with E-state index in [1.807, 2.05) is 32.0 Å². The first-order valence-corrected chi connectivity index (χ1v) is 12.7. The molecule has 1 aromatic carbocycles. The fourth-order valence-electron chi connectivity index (χ4n) is 3.35. The molecule has 1 rings (SSSR count). The Bertz CT molecular complexity index is 769. The minimum atomic E-state index is -1.17. The molecule has 1 aromatic rings. The Balaban J connectivity index is 3.32. The number of halogens is 2. The van der Waals surface area contributed by atoms with Crippen LogP contribution in [-0.2, 0) is 23.3 Å². The summed E-state index contributed by atoms with van der Waals surface area (Å²) in [4.78, 5) is 12.3. The highest BCUT2D eigenvalue weighted by molar-refractivity contribution is 14.1. The second-order valence-corrected chi connectivity index (χ2v) is 10.6. The number of benzene rings is 1. The van der Waals surface area contributed by atoms with E-state index in [9.17, 15) is 9.36 Å². The first-order chi connectivity index (χ1) is 14.8. The number of hydrogen-bond donors (Lipinski definition) is 1. The van der Waals surface area contributed by atoms with Crippen LogP contribution in [0.2, 0.25) is 5.02 Å². The van der Waals surface area contributed by atoms with Gasteiger partial charge in [-0.25, -0.2) is 9.36 Å². The van der Waals surface area contributed by atoms with Gasteiger partial charge in [-0.15, -0.1) is 0 Å². The van der Waals surface area contributed by atoms with Crippen molar-refractivity contribution in [3.63, 3.8) is 0 Å². The van der Waals surface area contributed by atoms with E-state index >= 15 is 0 Å². The molecule has 0 aliphatic rings. The fourth-order valence-corrected chi connectivity index (χ4v) is 4.41. The SMILES string of the molecule is CCOC(C)(OCC)C(C)(CC(CNC(=O)OC(C)(C)C)c1ccc(Cl)c(I)c1)OP=O. The molecule has 182 valence electrons. The number of ether oxygens (including phenoxy) is 3. The van der Waals surface area contributed by atoms with Crippen LogP contribution < -0.4 is 5.32 Å². The van der Waals surface area contributed by atoms with Gasteiger partial charge in [-0.2, -0.15) is 0 Å². The monoisotopic (exact) mass is 601 g/mol. The summed E-state index contributed by atoms with van der Waals surface area (Å²) < 4.78 is 35.4. The van der Waals surface area contributed by atoms with Crippen LogP contribution in [-0.4, -0.2) is 42.8 Å². The molecule has 0 fully saturated rings. The molecule has 10 heteroatoms. The van der Waals surface area contributed by atoms with E-state index in [4.69, 9.17) is 30.3 Å². The maximum atomic E-state index is 12.3. The lowest BCUT2D eigenvalue weighted by Crippen LogP contribution is -2.55. The third kappa shape index (κ3) is 8.69. The van der Waals surface area contributed by atoms with Crippen LogP contribution in [0.4, 0.5) is 4.79 Å². The summed E-state index contributed by atoms with van der Waals surface area (Å²) in [5.74, 6) is -1.40. The summed E-state index contributed by atoms with van der Waals surface area (Å²) in [7, 11) is -0.496. The molecule has 0 radical (unpaired) electrons. The molecule has 0 spiro atoms. The topological polar surface area (TPSA) is 83.1 Å². The number of alkyl carbamates (subject to hydrolysis) is 1. The highest BCUT2D eigenvalue weighted by Gasteiger charge is 2.50. The first kappa shape index (κ1) is 29.5. The van der Waals surface area contributed by atoms with Crippen molar-refractivity contribution in [2.45, 2.75) is 77.8 Å². The van der Waals surface area contributed by atoms with E-state index in [-0.39, 0.29) is 12.5 Å². The molecule has 0 heterocycles. The van der Waals surface area contributed by atoms with Crippen molar-refractivity contribution in [1.82, 2.24) is 5.32 Å². The quantitative estimate of drug-likeness (QED) is 0.163. The third-order valence-corrected chi connectivity index (χ3v) is 7.00. The van der Waals surface area contributed by atoms with Crippen molar-refractivity contribution in [2.75, 3.05) is 19.8 Å². The number of carbonyl (C=O) groups is 1. The van der Waals surface area contributed by atoms with Crippen LogP contribution in [0.25, 0.3) is 0 Å². The zero-order valence-corrected chi connectivity index (χ0v) is 23.6. The average molecular weight is 602 g/mol. The predicted octanol–water partition coefficient (Wildman–Crippen LogP) is 6.71. The summed E-state index contributed by atoms with van der Waals surface area (Å²) in [5.41, 5.74) is -0.785. The van der Waals surface area contributed by atoms with Gasteiger partial charge in [-0.1, -0.05) is 17.7 Å². The van der Waals surface area contributed by atoms with Gasteiger partial charge in [-0.05, 0) is 95.2 Å². The molecular weight excluding hydrogens is 568 g/mol. The Morgan fingerprint density at radius 1 is 1.16 bits per heavy atom. The van der Waals surface area contributed by atoms with E-state index in [0.29, 0.717) is 24.7 Å². The minimum Gasteiger partial charge on any atom is -0.444 e. The van der Waals surface area contributed by atoms with Crippen molar-refractivity contribution < 1.29 is 28.1 Å². The maximum Gasteiger partial charge on any atom is 0.407 e. The van der Waals surface area contributed by atoms with Crippen LogP contribution in [0.15, 0.2) is 18.2 Å². The predicted molar refractivity (Wildman–Crippen MR) is 135 cm³/mol. The van der Waals surface area contributed by atoms with Crippen molar-refractivity contribution in [2.24, 2.45) is 0 Å². The summed E-state index contributed by atoms with van der Waals surface area (Å²) in [6, 6.07) is 5.67. The Kier molecular flexibility index (Phi) is 11.8. The summed E-state index contributed by atoms with van der Waals surface area (Å²) in [5, 5.41) is 3.48. The smallest absolute Gasteiger partial charge is 0.407 e. The number of amides is 1. The van der Waals surface area contributed by atoms with Gasteiger partial charge in [0.05, 0.1) is 5.02 Å². The second-order valence-electron chi connectivity index (χ2n) is 8.67. The first-order valence-electron chi connectivity index (χ1n) is 10.5. The summed E-state index contributed by atoms with van der Waals surface area (Å²) in [6.07, 6.45) is -0.181. The van der Waals surface area contributed by atoms with Gasteiger partial charge in [-0.3, -0.25) is 4.52 Å². The van der Waals surface area contributed by atoms with Crippen molar-refractivity contribution in [3.8, 4) is 0 Å². The number of hydrogen-bond acceptors (Lipinski definition) is 6. The molecule has 0 aliphatic heterocycles.